The van der Waals surface area contributed by atoms with E-state index < -0.39 is 0 Å². The van der Waals surface area contributed by atoms with Crippen molar-refractivity contribution in [2.45, 2.75) is 27.7 Å². The molecule has 0 amide bonds. The van der Waals surface area contributed by atoms with E-state index in [1.807, 2.05) is 13.8 Å². The summed E-state index contributed by atoms with van der Waals surface area (Å²) in [6.45, 7) is 10.8. The van der Waals surface area contributed by atoms with Crippen LogP contribution in [-0.4, -0.2) is 36.3 Å². The van der Waals surface area contributed by atoms with E-state index in [0.717, 1.165) is 19.0 Å². The number of hydrogen-bond donors (Lipinski definition) is 1. The van der Waals surface area contributed by atoms with Gasteiger partial charge in [0.1, 0.15) is 18.2 Å². The first-order valence-corrected chi connectivity index (χ1v) is 6.42. The van der Waals surface area contributed by atoms with Crippen LogP contribution in [-0.2, 0) is 4.74 Å². The lowest BCUT2D eigenvalue weighted by Gasteiger charge is -2.10. The molecule has 1 aromatic heterocycles. The van der Waals surface area contributed by atoms with Gasteiger partial charge in [0.25, 0.3) is 0 Å². The van der Waals surface area contributed by atoms with Gasteiger partial charge < -0.3 is 14.8 Å². The second-order valence-electron chi connectivity index (χ2n) is 4.49. The second-order valence-corrected chi connectivity index (χ2v) is 4.49. The molecule has 0 radical (unpaired) electrons. The Morgan fingerprint density at radius 1 is 1.28 bits per heavy atom. The Balaban J connectivity index is 2.37. The molecule has 0 fully saturated rings. The van der Waals surface area contributed by atoms with E-state index in [4.69, 9.17) is 9.47 Å². The number of aromatic nitrogens is 2. The molecule has 0 unspecified atom stereocenters. The van der Waals surface area contributed by atoms with Gasteiger partial charge in [-0.3, -0.25) is 0 Å². The Hall–Kier alpha value is -1.36. The molecule has 1 N–H and O–H groups in total. The maximum atomic E-state index is 5.54. The average molecular weight is 253 g/mol. The van der Waals surface area contributed by atoms with Gasteiger partial charge in [0.05, 0.1) is 6.61 Å². The molecule has 0 saturated heterocycles. The standard InChI is InChI=1S/C13H23N3O2/c1-5-14-12-8-13(16-11(4)15-12)18-7-6-17-9-10(2)3/h8,10H,5-7,9H2,1-4H3,(H,14,15,16). The number of aryl methyl sites for hydroxylation is 1. The summed E-state index contributed by atoms with van der Waals surface area (Å²) in [4.78, 5) is 8.48. The largest absolute Gasteiger partial charge is 0.475 e. The second kappa shape index (κ2) is 7.87. The first-order chi connectivity index (χ1) is 8.61. The Morgan fingerprint density at radius 3 is 2.72 bits per heavy atom. The van der Waals surface area contributed by atoms with Crippen molar-refractivity contribution in [2.75, 3.05) is 31.7 Å². The smallest absolute Gasteiger partial charge is 0.218 e. The van der Waals surface area contributed by atoms with Crippen molar-refractivity contribution in [2.24, 2.45) is 5.92 Å². The zero-order valence-electron chi connectivity index (χ0n) is 11.7. The molecular formula is C13H23N3O2. The van der Waals surface area contributed by atoms with Gasteiger partial charge in [0.2, 0.25) is 5.88 Å². The van der Waals surface area contributed by atoms with E-state index in [1.54, 1.807) is 6.07 Å². The number of anilines is 1. The number of rotatable bonds is 8. The Labute approximate surface area is 109 Å². The van der Waals surface area contributed by atoms with Gasteiger partial charge in [-0.05, 0) is 19.8 Å². The third-order valence-electron chi connectivity index (χ3n) is 2.10. The number of hydrogen-bond acceptors (Lipinski definition) is 5. The zero-order chi connectivity index (χ0) is 13.4. The van der Waals surface area contributed by atoms with Crippen LogP contribution < -0.4 is 10.1 Å². The molecule has 18 heavy (non-hydrogen) atoms. The predicted octanol–water partition coefficient (Wildman–Crippen LogP) is 2.27. The zero-order valence-corrected chi connectivity index (χ0v) is 11.7. The topological polar surface area (TPSA) is 56.3 Å². The summed E-state index contributed by atoms with van der Waals surface area (Å²) >= 11 is 0. The molecule has 5 nitrogen and oxygen atoms in total. The molecule has 0 spiro atoms. The fraction of sp³-hybridized carbons (Fsp3) is 0.692. The van der Waals surface area contributed by atoms with Crippen molar-refractivity contribution in [3.05, 3.63) is 11.9 Å². The highest BCUT2D eigenvalue weighted by atomic mass is 16.5. The SMILES string of the molecule is CCNc1cc(OCCOCC(C)C)nc(C)n1. The van der Waals surface area contributed by atoms with Crippen LogP contribution in [0.3, 0.4) is 0 Å². The first kappa shape index (κ1) is 14.7. The summed E-state index contributed by atoms with van der Waals surface area (Å²) in [5, 5.41) is 3.14. The van der Waals surface area contributed by atoms with Crippen molar-refractivity contribution in [1.29, 1.82) is 0 Å². The highest BCUT2D eigenvalue weighted by Gasteiger charge is 2.02. The Morgan fingerprint density at radius 2 is 2.06 bits per heavy atom. The van der Waals surface area contributed by atoms with Gasteiger partial charge in [-0.1, -0.05) is 13.8 Å². The number of nitrogens with one attached hydrogen (secondary N) is 1. The van der Waals surface area contributed by atoms with Crippen LogP contribution in [0.15, 0.2) is 6.07 Å². The normalized spacial score (nSPS) is 10.7. The summed E-state index contributed by atoms with van der Waals surface area (Å²) in [5.41, 5.74) is 0. The van der Waals surface area contributed by atoms with Crippen LogP contribution in [0, 0.1) is 12.8 Å². The highest BCUT2D eigenvalue weighted by Crippen LogP contribution is 2.12. The molecule has 102 valence electrons. The van der Waals surface area contributed by atoms with Crippen LogP contribution in [0.1, 0.15) is 26.6 Å². The highest BCUT2D eigenvalue weighted by molar-refractivity contribution is 5.38. The molecule has 5 heteroatoms. The van der Waals surface area contributed by atoms with Crippen LogP contribution in [0.5, 0.6) is 5.88 Å². The summed E-state index contributed by atoms with van der Waals surface area (Å²) in [7, 11) is 0. The summed E-state index contributed by atoms with van der Waals surface area (Å²) in [5.74, 6) is 2.63. The number of nitrogens with zero attached hydrogens (tertiary/aromatic N) is 2. The van der Waals surface area contributed by atoms with Crippen molar-refractivity contribution < 1.29 is 9.47 Å². The third kappa shape index (κ3) is 5.82. The third-order valence-corrected chi connectivity index (χ3v) is 2.10. The lowest BCUT2D eigenvalue weighted by Crippen LogP contribution is -2.11. The monoisotopic (exact) mass is 253 g/mol. The van der Waals surface area contributed by atoms with Crippen molar-refractivity contribution in [3.8, 4) is 5.88 Å². The fourth-order valence-electron chi connectivity index (χ4n) is 1.41. The minimum Gasteiger partial charge on any atom is -0.475 e. The average Bonchev–Trinajstić information content (AvgIpc) is 2.28. The maximum Gasteiger partial charge on any atom is 0.218 e. The first-order valence-electron chi connectivity index (χ1n) is 6.42. The number of ether oxygens (including phenoxy) is 2. The quantitative estimate of drug-likeness (QED) is 0.720. The summed E-state index contributed by atoms with van der Waals surface area (Å²) in [6, 6.07) is 1.80. The van der Waals surface area contributed by atoms with Crippen LogP contribution in [0.2, 0.25) is 0 Å². The lowest BCUT2D eigenvalue weighted by molar-refractivity contribution is 0.0805. The van der Waals surface area contributed by atoms with Gasteiger partial charge in [0.15, 0.2) is 0 Å². The van der Waals surface area contributed by atoms with E-state index in [2.05, 4.69) is 29.1 Å². The lowest BCUT2D eigenvalue weighted by atomic mass is 10.2. The van der Waals surface area contributed by atoms with Crippen molar-refractivity contribution >= 4 is 5.82 Å². The molecular weight excluding hydrogens is 230 g/mol. The van der Waals surface area contributed by atoms with Gasteiger partial charge in [-0.2, -0.15) is 4.98 Å². The molecule has 0 atom stereocenters. The Bertz CT molecular complexity index is 356. The molecule has 0 aliphatic rings. The molecule has 1 rings (SSSR count). The van der Waals surface area contributed by atoms with Crippen molar-refractivity contribution in [1.82, 2.24) is 9.97 Å². The van der Waals surface area contributed by atoms with Crippen molar-refractivity contribution in [3.63, 3.8) is 0 Å². The predicted molar refractivity (Wildman–Crippen MR) is 72.1 cm³/mol. The van der Waals surface area contributed by atoms with Crippen LogP contribution >= 0.6 is 0 Å². The molecule has 0 saturated carbocycles. The minimum atomic E-state index is 0.509. The van der Waals surface area contributed by atoms with Gasteiger partial charge in [-0.25, -0.2) is 4.98 Å². The van der Waals surface area contributed by atoms with E-state index in [9.17, 15) is 0 Å². The van der Waals surface area contributed by atoms with E-state index in [-0.39, 0.29) is 0 Å². The van der Waals surface area contributed by atoms with Gasteiger partial charge >= 0.3 is 0 Å². The molecule has 1 aromatic rings. The van der Waals surface area contributed by atoms with Gasteiger partial charge in [0, 0.05) is 19.2 Å². The molecule has 0 aliphatic carbocycles. The molecule has 0 bridgehead atoms. The molecule has 0 aliphatic heterocycles. The van der Waals surface area contributed by atoms with Crippen LogP contribution in [0.25, 0.3) is 0 Å². The van der Waals surface area contributed by atoms with E-state index in [0.29, 0.717) is 30.8 Å². The minimum absolute atomic E-state index is 0.509. The maximum absolute atomic E-state index is 5.54. The van der Waals surface area contributed by atoms with Gasteiger partial charge in [-0.15, -0.1) is 0 Å². The van der Waals surface area contributed by atoms with E-state index >= 15 is 0 Å². The van der Waals surface area contributed by atoms with Crippen LogP contribution in [0.4, 0.5) is 5.82 Å². The summed E-state index contributed by atoms with van der Waals surface area (Å²) < 4.78 is 11.0. The summed E-state index contributed by atoms with van der Waals surface area (Å²) in [6.07, 6.45) is 0. The fourth-order valence-corrected chi connectivity index (χ4v) is 1.41. The molecule has 1 heterocycles. The van der Waals surface area contributed by atoms with E-state index in [1.165, 1.54) is 0 Å². The molecule has 0 aromatic carbocycles. The Kier molecular flexibility index (Phi) is 6.43.